The number of nitrogen functional groups attached to an aromatic ring is 1. The lowest BCUT2D eigenvalue weighted by molar-refractivity contribution is 0.112. The van der Waals surface area contributed by atoms with Gasteiger partial charge in [0.25, 0.3) is 0 Å². The van der Waals surface area contributed by atoms with Crippen LogP contribution >= 0.6 is 0 Å². The van der Waals surface area contributed by atoms with Crippen molar-refractivity contribution in [3.63, 3.8) is 0 Å². The molecular weight excluding hydrogens is 310 g/mol. The van der Waals surface area contributed by atoms with Crippen LogP contribution in [0.4, 0.5) is 5.82 Å². The Kier molecular flexibility index (Phi) is 3.71. The van der Waals surface area contributed by atoms with Gasteiger partial charge in [-0.2, -0.15) is 0 Å². The van der Waals surface area contributed by atoms with E-state index in [1.807, 2.05) is 54.6 Å². The number of aromatic nitrogens is 2. The molecule has 0 aliphatic rings. The van der Waals surface area contributed by atoms with Crippen molar-refractivity contribution in [1.82, 2.24) is 9.97 Å². The van der Waals surface area contributed by atoms with E-state index >= 15 is 0 Å². The molecule has 4 aromatic rings. The van der Waals surface area contributed by atoms with Gasteiger partial charge in [-0.1, -0.05) is 54.6 Å². The van der Waals surface area contributed by atoms with Gasteiger partial charge in [-0.15, -0.1) is 0 Å². The number of carbonyl (C=O) groups is 1. The fraction of sp³-hybridized carbons (Fsp3) is 0. The summed E-state index contributed by atoms with van der Waals surface area (Å²) in [5, 5.41) is 0.828. The van der Waals surface area contributed by atoms with Crippen LogP contribution in [0.5, 0.6) is 0 Å². The Bertz CT molecular complexity index is 1060. The van der Waals surface area contributed by atoms with E-state index in [4.69, 9.17) is 10.7 Å². The molecule has 0 atom stereocenters. The molecule has 25 heavy (non-hydrogen) atoms. The number of rotatable bonds is 3. The van der Waals surface area contributed by atoms with Crippen molar-refractivity contribution in [2.75, 3.05) is 5.73 Å². The molecule has 2 aromatic heterocycles. The van der Waals surface area contributed by atoms with Crippen LogP contribution in [0.15, 0.2) is 72.9 Å². The molecule has 2 aromatic carbocycles. The van der Waals surface area contributed by atoms with Crippen LogP contribution in [-0.4, -0.2) is 16.3 Å². The topological polar surface area (TPSA) is 68.9 Å². The number of hydrogen-bond acceptors (Lipinski definition) is 4. The predicted molar refractivity (Wildman–Crippen MR) is 100 cm³/mol. The van der Waals surface area contributed by atoms with Gasteiger partial charge in [0.2, 0.25) is 0 Å². The summed E-state index contributed by atoms with van der Waals surface area (Å²) in [6.45, 7) is 0. The number of aldehydes is 1. The number of nitrogens with two attached hydrogens (primary N) is 1. The Hall–Kier alpha value is -3.53. The first-order chi connectivity index (χ1) is 12.3. The molecule has 0 radical (unpaired) electrons. The Morgan fingerprint density at radius 2 is 1.64 bits per heavy atom. The largest absolute Gasteiger partial charge is 0.383 e. The van der Waals surface area contributed by atoms with Crippen LogP contribution in [0, 0.1) is 0 Å². The van der Waals surface area contributed by atoms with Gasteiger partial charge in [-0.05, 0) is 17.7 Å². The van der Waals surface area contributed by atoms with E-state index < -0.39 is 0 Å². The zero-order valence-corrected chi connectivity index (χ0v) is 13.4. The average Bonchev–Trinajstić information content (AvgIpc) is 2.68. The minimum Gasteiger partial charge on any atom is -0.383 e. The number of hydrogen-bond donors (Lipinski definition) is 1. The molecular formula is C21H15N3O. The molecule has 4 nitrogen and oxygen atoms in total. The van der Waals surface area contributed by atoms with Crippen molar-refractivity contribution in [2.45, 2.75) is 0 Å². The number of anilines is 1. The number of fused-ring (bicyclic) bond motifs is 1. The molecule has 0 saturated heterocycles. The molecule has 0 unspecified atom stereocenters. The minimum absolute atomic E-state index is 0.463. The number of nitrogens with zero attached hydrogens (tertiary/aromatic N) is 2. The summed E-state index contributed by atoms with van der Waals surface area (Å²) in [6, 6.07) is 21.3. The highest BCUT2D eigenvalue weighted by molar-refractivity contribution is 5.96. The van der Waals surface area contributed by atoms with Crippen LogP contribution in [0.1, 0.15) is 10.4 Å². The molecule has 0 bridgehead atoms. The van der Waals surface area contributed by atoms with Crippen LogP contribution in [0.25, 0.3) is 33.3 Å². The summed E-state index contributed by atoms with van der Waals surface area (Å²) in [6.07, 6.45) is 2.49. The molecule has 0 amide bonds. The van der Waals surface area contributed by atoms with E-state index in [0.717, 1.165) is 39.6 Å². The Balaban J connectivity index is 2.01. The fourth-order valence-electron chi connectivity index (χ4n) is 2.89. The fourth-order valence-corrected chi connectivity index (χ4v) is 2.89. The van der Waals surface area contributed by atoms with Gasteiger partial charge in [-0.25, -0.2) is 9.97 Å². The van der Waals surface area contributed by atoms with Crippen LogP contribution in [0.3, 0.4) is 0 Å². The molecule has 0 saturated carbocycles. The second-order valence-corrected chi connectivity index (χ2v) is 5.75. The first kappa shape index (κ1) is 15.0. The third-order valence-electron chi connectivity index (χ3n) is 4.18. The highest BCUT2D eigenvalue weighted by Crippen LogP contribution is 2.34. The molecule has 0 aliphatic carbocycles. The molecule has 120 valence electrons. The summed E-state index contributed by atoms with van der Waals surface area (Å²) in [5.41, 5.74) is 11.3. The second-order valence-electron chi connectivity index (χ2n) is 5.75. The lowest BCUT2D eigenvalue weighted by Gasteiger charge is -2.12. The van der Waals surface area contributed by atoms with Crippen molar-refractivity contribution in [1.29, 1.82) is 0 Å². The van der Waals surface area contributed by atoms with Crippen LogP contribution in [-0.2, 0) is 0 Å². The maximum atomic E-state index is 10.9. The van der Waals surface area contributed by atoms with E-state index in [1.54, 1.807) is 18.3 Å². The summed E-state index contributed by atoms with van der Waals surface area (Å²) in [4.78, 5) is 19.9. The first-order valence-corrected chi connectivity index (χ1v) is 7.92. The summed E-state index contributed by atoms with van der Waals surface area (Å²) in [7, 11) is 0. The van der Waals surface area contributed by atoms with Crippen molar-refractivity contribution >= 4 is 23.0 Å². The molecule has 0 fully saturated rings. The molecule has 4 heteroatoms. The van der Waals surface area contributed by atoms with Crippen LogP contribution in [0.2, 0.25) is 0 Å². The van der Waals surface area contributed by atoms with E-state index in [2.05, 4.69) is 4.98 Å². The molecule has 2 N–H and O–H groups in total. The smallest absolute Gasteiger partial charge is 0.150 e. The van der Waals surface area contributed by atoms with E-state index in [0.29, 0.717) is 11.4 Å². The van der Waals surface area contributed by atoms with E-state index in [-0.39, 0.29) is 0 Å². The zero-order valence-electron chi connectivity index (χ0n) is 13.4. The van der Waals surface area contributed by atoms with Gasteiger partial charge in [0.05, 0.1) is 11.2 Å². The highest BCUT2D eigenvalue weighted by Gasteiger charge is 2.13. The molecule has 2 heterocycles. The van der Waals surface area contributed by atoms with Gasteiger partial charge in [-0.3, -0.25) is 4.79 Å². The monoisotopic (exact) mass is 325 g/mol. The van der Waals surface area contributed by atoms with Gasteiger partial charge in [0.1, 0.15) is 12.1 Å². The lowest BCUT2D eigenvalue weighted by Crippen LogP contribution is -1.96. The van der Waals surface area contributed by atoms with E-state index in [9.17, 15) is 4.79 Å². The van der Waals surface area contributed by atoms with Gasteiger partial charge in [0, 0.05) is 28.3 Å². The Morgan fingerprint density at radius 1 is 0.880 bits per heavy atom. The second kappa shape index (κ2) is 6.17. The van der Waals surface area contributed by atoms with Crippen LogP contribution < -0.4 is 5.73 Å². The van der Waals surface area contributed by atoms with Crippen molar-refractivity contribution < 1.29 is 4.79 Å². The Labute approximate surface area is 145 Å². The number of pyridine rings is 2. The third kappa shape index (κ3) is 2.74. The summed E-state index contributed by atoms with van der Waals surface area (Å²) < 4.78 is 0. The van der Waals surface area contributed by atoms with Gasteiger partial charge in [0.15, 0.2) is 0 Å². The normalized spacial score (nSPS) is 10.7. The minimum atomic E-state index is 0.463. The van der Waals surface area contributed by atoms with Crippen molar-refractivity contribution in [3.8, 4) is 22.4 Å². The predicted octanol–water partition coefficient (Wildman–Crippen LogP) is 4.36. The SMILES string of the molecule is Nc1nccc2nc(-c3ccc(C=O)cc3)c(-c3ccccc3)cc12. The lowest BCUT2D eigenvalue weighted by atomic mass is 9.97. The molecule has 4 rings (SSSR count). The summed E-state index contributed by atoms with van der Waals surface area (Å²) in [5.74, 6) is 0.463. The highest BCUT2D eigenvalue weighted by atomic mass is 16.1. The molecule has 0 aliphatic heterocycles. The maximum absolute atomic E-state index is 10.9. The molecule has 0 spiro atoms. The van der Waals surface area contributed by atoms with Gasteiger partial charge < -0.3 is 5.73 Å². The summed E-state index contributed by atoms with van der Waals surface area (Å²) >= 11 is 0. The van der Waals surface area contributed by atoms with Gasteiger partial charge >= 0.3 is 0 Å². The quantitative estimate of drug-likeness (QED) is 0.568. The van der Waals surface area contributed by atoms with Crippen molar-refractivity contribution in [3.05, 3.63) is 78.5 Å². The van der Waals surface area contributed by atoms with Crippen molar-refractivity contribution in [2.24, 2.45) is 0 Å². The number of benzene rings is 2. The Morgan fingerprint density at radius 3 is 2.36 bits per heavy atom. The first-order valence-electron chi connectivity index (χ1n) is 7.92. The average molecular weight is 325 g/mol. The number of carbonyl (C=O) groups excluding carboxylic acids is 1. The zero-order chi connectivity index (χ0) is 17.2. The maximum Gasteiger partial charge on any atom is 0.150 e. The van der Waals surface area contributed by atoms with E-state index in [1.165, 1.54) is 0 Å². The third-order valence-corrected chi connectivity index (χ3v) is 4.18. The standard InChI is InChI=1S/C21H15N3O/c22-21-18-12-17(15-4-2-1-3-5-15)20(24-19(18)10-11-23-21)16-8-6-14(13-25)7-9-16/h1-13H,(H2,22,23).